The Hall–Kier alpha value is -1.73. The Morgan fingerprint density at radius 1 is 1.45 bits per heavy atom. The van der Waals surface area contributed by atoms with Gasteiger partial charge in [0, 0.05) is 45.2 Å². The second-order valence-corrected chi connectivity index (χ2v) is 5.31. The smallest absolute Gasteiger partial charge is 0.225 e. The highest BCUT2D eigenvalue weighted by Crippen LogP contribution is 2.20. The van der Waals surface area contributed by atoms with Crippen molar-refractivity contribution in [3.05, 3.63) is 29.0 Å². The molecule has 0 fully saturated rings. The molecule has 2 heterocycles. The number of nitrogens with one attached hydrogen (secondary N) is 1. The summed E-state index contributed by atoms with van der Waals surface area (Å²) in [6.07, 6.45) is 1.92. The van der Waals surface area contributed by atoms with Crippen molar-refractivity contribution in [1.29, 1.82) is 0 Å². The van der Waals surface area contributed by atoms with Gasteiger partial charge in [-0.25, -0.2) is 4.98 Å². The Bertz CT molecular complexity index is 577. The van der Waals surface area contributed by atoms with Gasteiger partial charge in [0.25, 0.3) is 0 Å². The highest BCUT2D eigenvalue weighted by molar-refractivity contribution is 7.14. The number of carbonyl (C=O) groups excluding carboxylic acids is 1. The van der Waals surface area contributed by atoms with Gasteiger partial charge < -0.3 is 5.32 Å². The third-order valence-electron chi connectivity index (χ3n) is 2.85. The van der Waals surface area contributed by atoms with Gasteiger partial charge >= 0.3 is 0 Å². The topological polar surface area (TPSA) is 63.1 Å². The predicted octanol–water partition coefficient (Wildman–Crippen LogP) is 1.54. The first-order valence-electron chi connectivity index (χ1n) is 6.52. The van der Waals surface area contributed by atoms with E-state index in [2.05, 4.69) is 15.4 Å². The van der Waals surface area contributed by atoms with Crippen LogP contribution in [0.1, 0.15) is 25.2 Å². The Morgan fingerprint density at radius 2 is 2.20 bits per heavy atom. The van der Waals surface area contributed by atoms with Gasteiger partial charge in [-0.2, -0.15) is 5.10 Å². The first-order chi connectivity index (χ1) is 9.60. The van der Waals surface area contributed by atoms with E-state index in [1.54, 1.807) is 16.5 Å². The highest BCUT2D eigenvalue weighted by atomic mass is 32.1. The van der Waals surface area contributed by atoms with Gasteiger partial charge in [0.05, 0.1) is 11.4 Å². The van der Waals surface area contributed by atoms with Crippen molar-refractivity contribution in [3.63, 3.8) is 0 Å². The summed E-state index contributed by atoms with van der Waals surface area (Å²) in [5.74, 6) is 0.0230. The molecule has 1 amide bonds. The molecule has 2 aromatic rings. The van der Waals surface area contributed by atoms with Crippen LogP contribution in [0.15, 0.2) is 17.6 Å². The number of rotatable bonds is 6. The third kappa shape index (κ3) is 3.64. The average Bonchev–Trinajstić information content (AvgIpc) is 3.00. The molecule has 0 atom stereocenters. The van der Waals surface area contributed by atoms with E-state index in [9.17, 15) is 4.79 Å². The van der Waals surface area contributed by atoms with Gasteiger partial charge in [0.1, 0.15) is 0 Å². The molecule has 0 aliphatic carbocycles. The largest absolute Gasteiger partial charge is 0.305 e. The zero-order valence-electron chi connectivity index (χ0n) is 12.0. The molecule has 2 rings (SSSR count). The van der Waals surface area contributed by atoms with Crippen molar-refractivity contribution < 1.29 is 4.79 Å². The van der Waals surface area contributed by atoms with Crippen LogP contribution in [-0.4, -0.2) is 27.2 Å². The minimum absolute atomic E-state index is 0.0230. The molecule has 0 radical (unpaired) electrons. The SMILES string of the molecule is CCN(C(C)=O)c1nc(CNCc2ccn(C)n2)cs1. The van der Waals surface area contributed by atoms with E-state index in [1.165, 1.54) is 11.3 Å². The number of hydrogen-bond acceptors (Lipinski definition) is 5. The molecule has 0 bridgehead atoms. The van der Waals surface area contributed by atoms with Gasteiger partial charge in [-0.15, -0.1) is 11.3 Å². The quantitative estimate of drug-likeness (QED) is 0.877. The summed E-state index contributed by atoms with van der Waals surface area (Å²) in [5, 5.41) is 10.3. The minimum Gasteiger partial charge on any atom is -0.305 e. The Kier molecular flexibility index (Phi) is 4.86. The second-order valence-electron chi connectivity index (χ2n) is 4.47. The molecule has 108 valence electrons. The minimum atomic E-state index is 0.0230. The number of nitrogens with zero attached hydrogens (tertiary/aromatic N) is 4. The van der Waals surface area contributed by atoms with Crippen LogP contribution in [0, 0.1) is 0 Å². The lowest BCUT2D eigenvalue weighted by Crippen LogP contribution is -2.27. The molecule has 0 aliphatic rings. The van der Waals surface area contributed by atoms with Crippen molar-refractivity contribution in [3.8, 4) is 0 Å². The van der Waals surface area contributed by atoms with Gasteiger partial charge in [-0.1, -0.05) is 0 Å². The summed E-state index contributed by atoms with van der Waals surface area (Å²) < 4.78 is 1.78. The fourth-order valence-electron chi connectivity index (χ4n) is 1.87. The Labute approximate surface area is 122 Å². The lowest BCUT2D eigenvalue weighted by Gasteiger charge is -2.14. The number of aryl methyl sites for hydroxylation is 1. The maximum Gasteiger partial charge on any atom is 0.225 e. The van der Waals surface area contributed by atoms with Gasteiger partial charge in [-0.3, -0.25) is 14.4 Å². The van der Waals surface area contributed by atoms with Crippen LogP contribution < -0.4 is 10.2 Å². The molecular weight excluding hydrogens is 274 g/mol. The van der Waals surface area contributed by atoms with Crippen molar-refractivity contribution in [1.82, 2.24) is 20.1 Å². The monoisotopic (exact) mass is 293 g/mol. The van der Waals surface area contributed by atoms with Gasteiger partial charge in [-0.05, 0) is 13.0 Å². The lowest BCUT2D eigenvalue weighted by atomic mass is 10.4. The summed E-state index contributed by atoms with van der Waals surface area (Å²) in [4.78, 5) is 17.6. The number of thiazole rings is 1. The van der Waals surface area contributed by atoms with E-state index < -0.39 is 0 Å². The zero-order valence-corrected chi connectivity index (χ0v) is 12.8. The van der Waals surface area contributed by atoms with E-state index in [1.807, 2.05) is 31.6 Å². The van der Waals surface area contributed by atoms with E-state index in [0.29, 0.717) is 19.6 Å². The summed E-state index contributed by atoms with van der Waals surface area (Å²) in [6, 6.07) is 1.98. The maximum atomic E-state index is 11.5. The van der Waals surface area contributed by atoms with Crippen molar-refractivity contribution in [2.45, 2.75) is 26.9 Å². The molecule has 0 saturated heterocycles. The van der Waals surface area contributed by atoms with Crippen LogP contribution in [-0.2, 0) is 24.9 Å². The molecule has 0 spiro atoms. The number of hydrogen-bond donors (Lipinski definition) is 1. The lowest BCUT2D eigenvalue weighted by molar-refractivity contribution is -0.116. The van der Waals surface area contributed by atoms with E-state index >= 15 is 0 Å². The normalized spacial score (nSPS) is 10.8. The third-order valence-corrected chi connectivity index (χ3v) is 3.76. The van der Waals surface area contributed by atoms with E-state index in [0.717, 1.165) is 16.5 Å². The molecule has 7 heteroatoms. The van der Waals surface area contributed by atoms with E-state index in [-0.39, 0.29) is 5.91 Å². The first-order valence-corrected chi connectivity index (χ1v) is 7.40. The summed E-state index contributed by atoms with van der Waals surface area (Å²) in [6.45, 7) is 5.52. The molecule has 20 heavy (non-hydrogen) atoms. The highest BCUT2D eigenvalue weighted by Gasteiger charge is 2.13. The predicted molar refractivity (Wildman–Crippen MR) is 79.6 cm³/mol. The summed E-state index contributed by atoms with van der Waals surface area (Å²) >= 11 is 1.50. The molecular formula is C13H19N5OS. The van der Waals surface area contributed by atoms with Gasteiger partial charge in [0.15, 0.2) is 5.13 Å². The number of carbonyl (C=O) groups is 1. The molecule has 1 N–H and O–H groups in total. The van der Waals surface area contributed by atoms with Crippen molar-refractivity contribution in [2.24, 2.45) is 7.05 Å². The standard InChI is InChI=1S/C13H19N5OS/c1-4-18(10(2)19)13-15-12(9-20-13)8-14-7-11-5-6-17(3)16-11/h5-6,9,14H,4,7-8H2,1-3H3. The van der Waals surface area contributed by atoms with Crippen LogP contribution >= 0.6 is 11.3 Å². The molecule has 2 aromatic heterocycles. The fraction of sp³-hybridized carbons (Fsp3) is 0.462. The number of aromatic nitrogens is 3. The Morgan fingerprint density at radius 3 is 2.80 bits per heavy atom. The van der Waals surface area contributed by atoms with Crippen LogP contribution in [0.2, 0.25) is 0 Å². The summed E-state index contributed by atoms with van der Waals surface area (Å²) in [7, 11) is 1.90. The fourth-order valence-corrected chi connectivity index (χ4v) is 2.80. The molecule has 0 aromatic carbocycles. The first kappa shape index (κ1) is 14.7. The average molecular weight is 293 g/mol. The van der Waals surface area contributed by atoms with Crippen molar-refractivity contribution >= 4 is 22.4 Å². The van der Waals surface area contributed by atoms with E-state index in [4.69, 9.17) is 0 Å². The molecule has 0 aliphatic heterocycles. The molecule has 0 saturated carbocycles. The molecule has 0 unspecified atom stereocenters. The van der Waals surface area contributed by atoms with Crippen LogP contribution in [0.4, 0.5) is 5.13 Å². The van der Waals surface area contributed by atoms with Crippen LogP contribution in [0.25, 0.3) is 0 Å². The second kappa shape index (κ2) is 6.62. The number of amides is 1. The number of anilines is 1. The summed E-state index contributed by atoms with van der Waals surface area (Å²) in [5.41, 5.74) is 1.95. The van der Waals surface area contributed by atoms with Gasteiger partial charge in [0.2, 0.25) is 5.91 Å². The Balaban J connectivity index is 1.88. The molecule has 6 nitrogen and oxygen atoms in total. The maximum absolute atomic E-state index is 11.5. The van der Waals surface area contributed by atoms with Crippen LogP contribution in [0.3, 0.4) is 0 Å². The zero-order chi connectivity index (χ0) is 14.5. The van der Waals surface area contributed by atoms with Crippen LogP contribution in [0.5, 0.6) is 0 Å². The van der Waals surface area contributed by atoms with Crippen molar-refractivity contribution in [2.75, 3.05) is 11.4 Å².